The van der Waals surface area contributed by atoms with Crippen LogP contribution in [0.15, 0.2) is 51.7 Å². The number of benzene rings is 1. The maximum Gasteiger partial charge on any atom is 0.230 e. The summed E-state index contributed by atoms with van der Waals surface area (Å²) in [4.78, 5) is 4.19. The van der Waals surface area contributed by atoms with E-state index in [9.17, 15) is 0 Å². The summed E-state index contributed by atoms with van der Waals surface area (Å²) < 4.78 is 11.8. The Bertz CT molecular complexity index is 709. The molecule has 2 N–H and O–H groups in total. The number of nitrogens with zero attached hydrogens (tertiary/aromatic N) is 1. The van der Waals surface area contributed by atoms with E-state index in [0.29, 0.717) is 17.3 Å². The van der Waals surface area contributed by atoms with E-state index >= 15 is 0 Å². The van der Waals surface area contributed by atoms with E-state index < -0.39 is 0 Å². The van der Waals surface area contributed by atoms with E-state index in [2.05, 4.69) is 20.9 Å². The summed E-state index contributed by atoms with van der Waals surface area (Å²) in [5.74, 6) is 1.14. The van der Waals surface area contributed by atoms with Crippen molar-refractivity contribution in [2.24, 2.45) is 0 Å². The SMILES string of the molecule is Nc1cc(Oc2nccc3occc23)ccc1Br. The van der Waals surface area contributed by atoms with Gasteiger partial charge in [0.2, 0.25) is 5.88 Å². The lowest BCUT2D eigenvalue weighted by Gasteiger charge is -2.06. The highest BCUT2D eigenvalue weighted by atomic mass is 79.9. The highest BCUT2D eigenvalue weighted by Gasteiger charge is 2.07. The third kappa shape index (κ3) is 1.93. The van der Waals surface area contributed by atoms with Crippen LogP contribution in [0.5, 0.6) is 11.6 Å². The number of furan rings is 1. The molecule has 3 rings (SSSR count). The quantitative estimate of drug-likeness (QED) is 0.728. The van der Waals surface area contributed by atoms with E-state index in [0.717, 1.165) is 15.4 Å². The highest BCUT2D eigenvalue weighted by Crippen LogP contribution is 2.31. The van der Waals surface area contributed by atoms with Crippen LogP contribution >= 0.6 is 15.9 Å². The number of pyridine rings is 1. The Kier molecular flexibility index (Phi) is 2.68. The zero-order valence-corrected chi connectivity index (χ0v) is 10.8. The molecule has 0 aliphatic carbocycles. The van der Waals surface area contributed by atoms with Crippen molar-refractivity contribution >= 4 is 32.6 Å². The van der Waals surface area contributed by atoms with Gasteiger partial charge in [0.1, 0.15) is 11.3 Å². The van der Waals surface area contributed by atoms with Crippen molar-refractivity contribution in [3.63, 3.8) is 0 Å². The Balaban J connectivity index is 2.01. The minimum atomic E-state index is 0.503. The molecule has 0 amide bonds. The van der Waals surface area contributed by atoms with Crippen molar-refractivity contribution in [3.05, 3.63) is 47.3 Å². The van der Waals surface area contributed by atoms with Gasteiger partial charge < -0.3 is 14.9 Å². The first-order valence-electron chi connectivity index (χ1n) is 5.29. The predicted octanol–water partition coefficient (Wildman–Crippen LogP) is 3.96. The van der Waals surface area contributed by atoms with Crippen molar-refractivity contribution < 1.29 is 9.15 Å². The molecular weight excluding hydrogens is 296 g/mol. The number of aromatic nitrogens is 1. The molecule has 0 saturated carbocycles. The molecule has 0 saturated heterocycles. The lowest BCUT2D eigenvalue weighted by atomic mass is 10.3. The van der Waals surface area contributed by atoms with Crippen LogP contribution in [0, 0.1) is 0 Å². The first-order valence-corrected chi connectivity index (χ1v) is 6.08. The van der Waals surface area contributed by atoms with Crippen molar-refractivity contribution in [1.82, 2.24) is 4.98 Å². The largest absolute Gasteiger partial charge is 0.464 e. The first kappa shape index (κ1) is 11.1. The number of nitrogen functional groups attached to an aromatic ring is 1. The van der Waals surface area contributed by atoms with Crippen LogP contribution in [-0.4, -0.2) is 4.98 Å². The van der Waals surface area contributed by atoms with Gasteiger partial charge in [-0.15, -0.1) is 0 Å². The van der Waals surface area contributed by atoms with Crippen LogP contribution in [0.1, 0.15) is 0 Å². The lowest BCUT2D eigenvalue weighted by molar-refractivity contribution is 0.469. The van der Waals surface area contributed by atoms with Gasteiger partial charge in [-0.05, 0) is 40.2 Å². The molecule has 0 fully saturated rings. The monoisotopic (exact) mass is 304 g/mol. The Morgan fingerprint density at radius 3 is 2.94 bits per heavy atom. The molecule has 0 atom stereocenters. The normalized spacial score (nSPS) is 10.7. The highest BCUT2D eigenvalue weighted by molar-refractivity contribution is 9.10. The second-order valence-corrected chi connectivity index (χ2v) is 4.59. The third-order valence-corrected chi connectivity index (χ3v) is 3.25. The van der Waals surface area contributed by atoms with E-state index in [1.807, 2.05) is 18.2 Å². The van der Waals surface area contributed by atoms with Gasteiger partial charge in [0.15, 0.2) is 0 Å². The number of anilines is 1. The molecule has 4 nitrogen and oxygen atoms in total. The van der Waals surface area contributed by atoms with E-state index in [1.54, 1.807) is 24.6 Å². The lowest BCUT2D eigenvalue weighted by Crippen LogP contribution is -1.91. The second-order valence-electron chi connectivity index (χ2n) is 3.73. The molecule has 0 spiro atoms. The first-order chi connectivity index (χ1) is 8.74. The molecule has 18 heavy (non-hydrogen) atoms. The summed E-state index contributed by atoms with van der Waals surface area (Å²) in [5, 5.41) is 0.832. The van der Waals surface area contributed by atoms with Crippen LogP contribution in [0.4, 0.5) is 5.69 Å². The van der Waals surface area contributed by atoms with E-state index in [-0.39, 0.29) is 0 Å². The number of ether oxygens (including phenoxy) is 1. The van der Waals surface area contributed by atoms with Crippen LogP contribution in [-0.2, 0) is 0 Å². The van der Waals surface area contributed by atoms with Gasteiger partial charge in [-0.1, -0.05) is 0 Å². The zero-order valence-electron chi connectivity index (χ0n) is 9.26. The topological polar surface area (TPSA) is 61.3 Å². The number of rotatable bonds is 2. The number of fused-ring (bicyclic) bond motifs is 1. The molecule has 0 unspecified atom stereocenters. The molecule has 2 aromatic heterocycles. The van der Waals surface area contributed by atoms with Crippen LogP contribution in [0.25, 0.3) is 11.0 Å². The van der Waals surface area contributed by atoms with Crippen LogP contribution in [0.2, 0.25) is 0 Å². The molecular formula is C13H9BrN2O2. The Morgan fingerprint density at radius 1 is 1.22 bits per heavy atom. The molecule has 5 heteroatoms. The van der Waals surface area contributed by atoms with Gasteiger partial charge >= 0.3 is 0 Å². The van der Waals surface area contributed by atoms with E-state index in [4.69, 9.17) is 14.9 Å². The van der Waals surface area contributed by atoms with Gasteiger partial charge in [0, 0.05) is 22.4 Å². The predicted molar refractivity (Wildman–Crippen MR) is 72.6 cm³/mol. The fourth-order valence-electron chi connectivity index (χ4n) is 1.65. The molecule has 2 heterocycles. The molecule has 90 valence electrons. The van der Waals surface area contributed by atoms with Gasteiger partial charge in [-0.3, -0.25) is 0 Å². The summed E-state index contributed by atoms with van der Waals surface area (Å²) in [6, 6.07) is 9.00. The molecule has 0 radical (unpaired) electrons. The van der Waals surface area contributed by atoms with Crippen LogP contribution in [0.3, 0.4) is 0 Å². The molecule has 0 bridgehead atoms. The average molecular weight is 305 g/mol. The van der Waals surface area contributed by atoms with Crippen molar-refractivity contribution in [3.8, 4) is 11.6 Å². The standard InChI is InChI=1S/C13H9BrN2O2/c14-10-2-1-8(7-11(10)15)18-13-9-4-6-17-12(9)3-5-16-13/h1-7H,15H2. The zero-order chi connectivity index (χ0) is 12.5. The van der Waals surface area contributed by atoms with Gasteiger partial charge in [0.05, 0.1) is 11.6 Å². The second kappa shape index (κ2) is 4.34. The Labute approximate surface area is 112 Å². The van der Waals surface area contributed by atoms with Crippen molar-refractivity contribution in [2.45, 2.75) is 0 Å². The van der Waals surface area contributed by atoms with Gasteiger partial charge in [-0.25, -0.2) is 4.98 Å². The maximum atomic E-state index is 5.80. The minimum absolute atomic E-state index is 0.503. The fraction of sp³-hybridized carbons (Fsp3) is 0. The summed E-state index contributed by atoms with van der Waals surface area (Å²) in [7, 11) is 0. The number of hydrogen-bond donors (Lipinski definition) is 1. The van der Waals surface area contributed by atoms with Crippen molar-refractivity contribution in [1.29, 1.82) is 0 Å². The summed E-state index contributed by atoms with van der Waals surface area (Å²) >= 11 is 3.34. The smallest absolute Gasteiger partial charge is 0.230 e. The minimum Gasteiger partial charge on any atom is -0.464 e. The van der Waals surface area contributed by atoms with Crippen molar-refractivity contribution in [2.75, 3.05) is 5.73 Å². The Morgan fingerprint density at radius 2 is 2.11 bits per heavy atom. The van der Waals surface area contributed by atoms with E-state index in [1.165, 1.54) is 0 Å². The Hall–Kier alpha value is -2.01. The third-order valence-electron chi connectivity index (χ3n) is 2.53. The number of nitrogens with two attached hydrogens (primary N) is 1. The molecule has 1 aromatic carbocycles. The molecule has 0 aliphatic rings. The van der Waals surface area contributed by atoms with Gasteiger partial charge in [0.25, 0.3) is 0 Å². The fourth-order valence-corrected chi connectivity index (χ4v) is 1.89. The summed E-state index contributed by atoms with van der Waals surface area (Å²) in [6.45, 7) is 0. The summed E-state index contributed by atoms with van der Waals surface area (Å²) in [5.41, 5.74) is 7.16. The maximum absolute atomic E-state index is 5.80. The molecule has 3 aromatic rings. The summed E-state index contributed by atoms with van der Waals surface area (Å²) in [6.07, 6.45) is 3.25. The van der Waals surface area contributed by atoms with Gasteiger partial charge in [-0.2, -0.15) is 0 Å². The number of halogens is 1. The number of hydrogen-bond acceptors (Lipinski definition) is 4. The molecule has 0 aliphatic heterocycles. The van der Waals surface area contributed by atoms with Crippen LogP contribution < -0.4 is 10.5 Å². The average Bonchev–Trinajstić information content (AvgIpc) is 2.83.